The monoisotopic (exact) mass is 443 g/mol. The first-order valence-electron chi connectivity index (χ1n) is 9.99. The Kier molecular flexibility index (Phi) is 6.87. The van der Waals surface area contributed by atoms with Gasteiger partial charge >= 0.3 is 0 Å². The van der Waals surface area contributed by atoms with Crippen molar-refractivity contribution in [2.75, 3.05) is 19.6 Å². The summed E-state index contributed by atoms with van der Waals surface area (Å²) in [7, 11) is -3.66. The smallest absolute Gasteiger partial charge is 0.261 e. The summed E-state index contributed by atoms with van der Waals surface area (Å²) >= 11 is 0. The Balaban J connectivity index is 1.39. The van der Waals surface area contributed by atoms with E-state index in [1.807, 2.05) is 6.92 Å². The minimum absolute atomic E-state index is 0.0554. The molecule has 0 fully saturated rings. The topological polar surface area (TPSA) is 113 Å². The van der Waals surface area contributed by atoms with Crippen molar-refractivity contribution in [2.24, 2.45) is 0 Å². The first-order valence-corrected chi connectivity index (χ1v) is 11.5. The molecule has 2 N–H and O–H groups in total. The average Bonchev–Trinajstić information content (AvgIpc) is 2.96. The molecule has 3 rings (SSSR count). The van der Waals surface area contributed by atoms with Crippen molar-refractivity contribution in [3.8, 4) is 0 Å². The van der Waals surface area contributed by atoms with Crippen molar-refractivity contribution in [2.45, 2.75) is 31.6 Å². The van der Waals surface area contributed by atoms with E-state index in [0.717, 1.165) is 10.5 Å². The summed E-state index contributed by atoms with van der Waals surface area (Å²) in [6, 6.07) is 11.7. The number of hydrogen-bond acceptors (Lipinski definition) is 5. The van der Waals surface area contributed by atoms with E-state index in [4.69, 9.17) is 0 Å². The Hall–Kier alpha value is -3.04. The third kappa shape index (κ3) is 5.18. The van der Waals surface area contributed by atoms with E-state index in [9.17, 15) is 22.8 Å². The lowest BCUT2D eigenvalue weighted by molar-refractivity contribution is -0.121. The van der Waals surface area contributed by atoms with Crippen LogP contribution in [0.1, 0.15) is 44.7 Å². The number of nitrogens with one attached hydrogen (secondary N) is 2. The molecule has 1 heterocycles. The number of rotatable bonds is 9. The van der Waals surface area contributed by atoms with Crippen LogP contribution in [0.2, 0.25) is 0 Å². The number of amides is 3. The summed E-state index contributed by atoms with van der Waals surface area (Å²) < 4.78 is 27.3. The summed E-state index contributed by atoms with van der Waals surface area (Å²) in [6.45, 7) is 3.97. The van der Waals surface area contributed by atoms with Crippen LogP contribution >= 0.6 is 0 Å². The standard InChI is InChI=1S/C22H25N3O5S/c1-15-9-10-19(16(2)14-15)31(29,30)24-12-11-23-20(26)8-5-13-25-21(27)17-6-3-4-7-18(17)22(25)28/h3-4,6-7,9-10,14,24H,5,8,11-13H2,1-2H3,(H,23,26). The minimum Gasteiger partial charge on any atom is -0.355 e. The third-order valence-corrected chi connectivity index (χ3v) is 6.64. The van der Waals surface area contributed by atoms with Gasteiger partial charge in [-0.3, -0.25) is 19.3 Å². The molecule has 1 aliphatic heterocycles. The molecular weight excluding hydrogens is 418 g/mol. The Labute approximate surface area is 181 Å². The van der Waals surface area contributed by atoms with Gasteiger partial charge < -0.3 is 5.32 Å². The van der Waals surface area contributed by atoms with Gasteiger partial charge in [0.2, 0.25) is 15.9 Å². The van der Waals surface area contributed by atoms with E-state index in [1.165, 1.54) is 0 Å². The number of aryl methyl sites for hydroxylation is 2. The largest absolute Gasteiger partial charge is 0.355 e. The summed E-state index contributed by atoms with van der Waals surface area (Å²) in [6.07, 6.45) is 0.447. The molecule has 0 radical (unpaired) electrons. The average molecular weight is 444 g/mol. The zero-order valence-electron chi connectivity index (χ0n) is 17.5. The fourth-order valence-electron chi connectivity index (χ4n) is 3.49. The fraction of sp³-hybridized carbons (Fsp3) is 0.318. The predicted octanol–water partition coefficient (Wildman–Crippen LogP) is 1.77. The second kappa shape index (κ2) is 9.40. The minimum atomic E-state index is -3.66. The third-order valence-electron chi connectivity index (χ3n) is 5.02. The number of carbonyl (C=O) groups excluding carboxylic acids is 3. The lowest BCUT2D eigenvalue weighted by Gasteiger charge is -2.13. The van der Waals surface area contributed by atoms with Gasteiger partial charge in [0.25, 0.3) is 11.8 Å². The second-order valence-corrected chi connectivity index (χ2v) is 9.16. The van der Waals surface area contributed by atoms with E-state index >= 15 is 0 Å². The van der Waals surface area contributed by atoms with Crippen molar-refractivity contribution in [3.05, 3.63) is 64.7 Å². The maximum absolute atomic E-state index is 12.4. The SMILES string of the molecule is Cc1ccc(S(=O)(=O)NCCNC(=O)CCCN2C(=O)c3ccccc3C2=O)c(C)c1. The normalized spacial score (nSPS) is 13.4. The van der Waals surface area contributed by atoms with Crippen LogP contribution in [0.4, 0.5) is 0 Å². The van der Waals surface area contributed by atoms with E-state index in [-0.39, 0.29) is 48.7 Å². The molecule has 0 atom stereocenters. The van der Waals surface area contributed by atoms with Crippen LogP contribution in [-0.4, -0.2) is 50.7 Å². The number of hydrogen-bond donors (Lipinski definition) is 2. The highest BCUT2D eigenvalue weighted by Crippen LogP contribution is 2.22. The van der Waals surface area contributed by atoms with Gasteiger partial charge in [-0.1, -0.05) is 29.8 Å². The van der Waals surface area contributed by atoms with Crippen molar-refractivity contribution in [1.29, 1.82) is 0 Å². The summed E-state index contributed by atoms with van der Waals surface area (Å²) in [5, 5.41) is 2.64. The molecule has 0 aromatic heterocycles. The number of nitrogens with zero attached hydrogens (tertiary/aromatic N) is 1. The van der Waals surface area contributed by atoms with Gasteiger partial charge in [0.1, 0.15) is 0 Å². The Morgan fingerprint density at radius 3 is 2.23 bits per heavy atom. The summed E-state index contributed by atoms with van der Waals surface area (Å²) in [4.78, 5) is 37.9. The molecule has 8 nitrogen and oxygen atoms in total. The molecule has 0 spiro atoms. The van der Waals surface area contributed by atoms with Crippen LogP contribution in [0.3, 0.4) is 0 Å². The lowest BCUT2D eigenvalue weighted by atomic mass is 10.1. The molecule has 31 heavy (non-hydrogen) atoms. The molecular formula is C22H25N3O5S. The van der Waals surface area contributed by atoms with Crippen molar-refractivity contribution in [1.82, 2.24) is 14.9 Å². The Morgan fingerprint density at radius 2 is 1.61 bits per heavy atom. The van der Waals surface area contributed by atoms with Crippen LogP contribution < -0.4 is 10.0 Å². The second-order valence-electron chi connectivity index (χ2n) is 7.43. The van der Waals surface area contributed by atoms with Crippen LogP contribution in [0.25, 0.3) is 0 Å². The first-order chi connectivity index (χ1) is 14.7. The summed E-state index contributed by atoms with van der Waals surface area (Å²) in [5.41, 5.74) is 2.40. The van der Waals surface area contributed by atoms with Gasteiger partial charge in [0.15, 0.2) is 0 Å². The molecule has 9 heteroatoms. The number of benzene rings is 2. The van der Waals surface area contributed by atoms with Gasteiger partial charge in [-0.2, -0.15) is 0 Å². The van der Waals surface area contributed by atoms with Gasteiger partial charge in [-0.05, 0) is 44.0 Å². The van der Waals surface area contributed by atoms with E-state index in [2.05, 4.69) is 10.0 Å². The fourth-order valence-corrected chi connectivity index (χ4v) is 4.75. The molecule has 0 aliphatic carbocycles. The van der Waals surface area contributed by atoms with Gasteiger partial charge in [0.05, 0.1) is 16.0 Å². The number of imide groups is 1. The van der Waals surface area contributed by atoms with Crippen LogP contribution in [-0.2, 0) is 14.8 Å². The number of sulfonamides is 1. The molecule has 2 aromatic rings. The Morgan fingerprint density at radius 1 is 0.968 bits per heavy atom. The van der Waals surface area contributed by atoms with Crippen LogP contribution in [0.5, 0.6) is 0 Å². The molecule has 3 amide bonds. The predicted molar refractivity (Wildman–Crippen MR) is 115 cm³/mol. The molecule has 0 bridgehead atoms. The molecule has 164 valence electrons. The maximum atomic E-state index is 12.4. The molecule has 0 saturated carbocycles. The zero-order valence-corrected chi connectivity index (χ0v) is 18.3. The van der Waals surface area contributed by atoms with Crippen molar-refractivity contribution < 1.29 is 22.8 Å². The quantitative estimate of drug-likeness (QED) is 0.453. The zero-order chi connectivity index (χ0) is 22.6. The molecule has 0 saturated heterocycles. The van der Waals surface area contributed by atoms with Gasteiger partial charge in [-0.25, -0.2) is 13.1 Å². The van der Waals surface area contributed by atoms with Crippen LogP contribution in [0, 0.1) is 13.8 Å². The Bertz CT molecular complexity index is 1090. The van der Waals surface area contributed by atoms with Gasteiger partial charge in [0, 0.05) is 26.1 Å². The highest BCUT2D eigenvalue weighted by atomic mass is 32.2. The first kappa shape index (κ1) is 22.6. The van der Waals surface area contributed by atoms with E-state index < -0.39 is 10.0 Å². The van der Waals surface area contributed by atoms with Crippen molar-refractivity contribution in [3.63, 3.8) is 0 Å². The maximum Gasteiger partial charge on any atom is 0.261 e. The summed E-state index contributed by atoms with van der Waals surface area (Å²) in [5.74, 6) is -0.967. The highest BCUT2D eigenvalue weighted by Gasteiger charge is 2.34. The molecule has 1 aliphatic rings. The highest BCUT2D eigenvalue weighted by molar-refractivity contribution is 7.89. The van der Waals surface area contributed by atoms with Gasteiger partial charge in [-0.15, -0.1) is 0 Å². The van der Waals surface area contributed by atoms with Crippen LogP contribution in [0.15, 0.2) is 47.4 Å². The van der Waals surface area contributed by atoms with E-state index in [0.29, 0.717) is 23.1 Å². The molecule has 2 aromatic carbocycles. The number of fused-ring (bicyclic) bond motifs is 1. The molecule has 0 unspecified atom stereocenters. The number of carbonyl (C=O) groups is 3. The van der Waals surface area contributed by atoms with Crippen molar-refractivity contribution >= 4 is 27.7 Å². The van der Waals surface area contributed by atoms with E-state index in [1.54, 1.807) is 49.4 Å². The lowest BCUT2D eigenvalue weighted by Crippen LogP contribution is -2.35.